The summed E-state index contributed by atoms with van der Waals surface area (Å²) in [5.74, 6) is -7.09. The highest BCUT2D eigenvalue weighted by Gasteiger charge is 2.47. The van der Waals surface area contributed by atoms with Gasteiger partial charge in [-0.05, 0) is 42.2 Å². The molecule has 2 fully saturated rings. The number of hydrogen-bond donors (Lipinski definition) is 2. The van der Waals surface area contributed by atoms with Crippen LogP contribution in [0.3, 0.4) is 0 Å². The molecule has 2 aliphatic rings. The summed E-state index contributed by atoms with van der Waals surface area (Å²) < 4.78 is 96.9. The summed E-state index contributed by atoms with van der Waals surface area (Å²) in [5, 5.41) is 3.38. The number of benzene rings is 2. The van der Waals surface area contributed by atoms with Crippen molar-refractivity contribution < 1.29 is 44.8 Å². The minimum Gasteiger partial charge on any atom is -0.345 e. The van der Waals surface area contributed by atoms with Gasteiger partial charge < -0.3 is 15.1 Å². The van der Waals surface area contributed by atoms with E-state index in [1.165, 1.54) is 0 Å². The van der Waals surface area contributed by atoms with Crippen LogP contribution in [0.5, 0.6) is 0 Å². The molecule has 2 saturated heterocycles. The highest BCUT2D eigenvalue weighted by molar-refractivity contribution is 7.90. The van der Waals surface area contributed by atoms with Crippen molar-refractivity contribution in [3.63, 3.8) is 0 Å². The molecule has 2 aromatic heterocycles. The molecule has 4 heterocycles. The molecule has 0 aliphatic carbocycles. The molecule has 10 nitrogen and oxygen atoms in total. The number of ketones is 1. The van der Waals surface area contributed by atoms with Crippen molar-refractivity contribution in [3.8, 4) is 11.1 Å². The van der Waals surface area contributed by atoms with E-state index in [1.807, 2.05) is 24.3 Å². The van der Waals surface area contributed by atoms with Gasteiger partial charge in [0.1, 0.15) is 17.2 Å². The van der Waals surface area contributed by atoms with Gasteiger partial charge in [-0.1, -0.05) is 28.7 Å². The highest BCUT2D eigenvalue weighted by atomic mass is 32.2. The first-order valence-electron chi connectivity index (χ1n) is 13.8. The van der Waals surface area contributed by atoms with E-state index in [0.29, 0.717) is 40.8 Å². The lowest BCUT2D eigenvalue weighted by atomic mass is 9.92. The van der Waals surface area contributed by atoms with Gasteiger partial charge in [0.05, 0.1) is 5.56 Å². The second kappa shape index (κ2) is 11.5. The van der Waals surface area contributed by atoms with Crippen LogP contribution in [-0.2, 0) is 19.8 Å². The van der Waals surface area contributed by atoms with E-state index in [4.69, 9.17) is 0 Å². The van der Waals surface area contributed by atoms with Crippen LogP contribution < -0.4 is 9.79 Å². The first-order valence-corrected chi connectivity index (χ1v) is 15.2. The lowest BCUT2D eigenvalue weighted by Gasteiger charge is -2.27. The summed E-state index contributed by atoms with van der Waals surface area (Å²) >= 11 is 0. The van der Waals surface area contributed by atoms with Crippen LogP contribution in [0.25, 0.3) is 22.2 Å². The van der Waals surface area contributed by atoms with Gasteiger partial charge in [-0.25, -0.2) is 18.6 Å². The molecule has 0 amide bonds. The van der Waals surface area contributed by atoms with Crippen LogP contribution in [0.1, 0.15) is 40.2 Å². The fourth-order valence-corrected chi connectivity index (χ4v) is 6.70. The van der Waals surface area contributed by atoms with Crippen molar-refractivity contribution >= 4 is 38.7 Å². The van der Waals surface area contributed by atoms with Crippen LogP contribution in [-0.4, -0.2) is 66.8 Å². The number of aromatic amines is 1. The predicted molar refractivity (Wildman–Crippen MR) is 151 cm³/mol. The molecule has 16 heteroatoms. The van der Waals surface area contributed by atoms with Gasteiger partial charge in [-0.3, -0.25) is 4.79 Å². The number of anilines is 1. The van der Waals surface area contributed by atoms with E-state index in [1.54, 1.807) is 12.3 Å². The van der Waals surface area contributed by atoms with Gasteiger partial charge in [-0.2, -0.15) is 25.9 Å². The van der Waals surface area contributed by atoms with E-state index in [9.17, 15) is 31.2 Å². The van der Waals surface area contributed by atoms with Crippen molar-refractivity contribution in [3.05, 3.63) is 83.2 Å². The topological polar surface area (TPSA) is 125 Å². The molecule has 0 radical (unpaired) electrons. The third kappa shape index (κ3) is 5.64. The molecule has 0 saturated carbocycles. The van der Waals surface area contributed by atoms with E-state index in [-0.39, 0.29) is 29.7 Å². The summed E-state index contributed by atoms with van der Waals surface area (Å²) in [6.07, 6.45) is -2.27. The Kier molecular flexibility index (Phi) is 7.82. The van der Waals surface area contributed by atoms with Gasteiger partial charge in [0, 0.05) is 61.0 Å². The van der Waals surface area contributed by atoms with Gasteiger partial charge in [0.15, 0.2) is 5.82 Å². The van der Waals surface area contributed by atoms with Crippen molar-refractivity contribution in [2.45, 2.75) is 24.9 Å². The SMILES string of the molecule is O=C(c1c(F)ccc(N(OC(=O)C(F)(F)F)S(=O)(=O)N2CCCC2)c1F)c1c[nH]c2ncc(-c3ccc(C4CNC4)cc3)cc12. The van der Waals surface area contributed by atoms with E-state index >= 15 is 8.78 Å². The fraction of sp³-hybridized carbons (Fsp3) is 0.276. The Morgan fingerprint density at radius 2 is 1.69 bits per heavy atom. The summed E-state index contributed by atoms with van der Waals surface area (Å²) in [6, 6.07) is 10.3. The molecule has 0 atom stereocenters. The Bertz CT molecular complexity index is 1900. The summed E-state index contributed by atoms with van der Waals surface area (Å²) in [4.78, 5) is 36.5. The third-order valence-corrected chi connectivity index (χ3v) is 9.47. The minimum atomic E-state index is -5.66. The Morgan fingerprint density at radius 3 is 2.31 bits per heavy atom. The first kappa shape index (κ1) is 30.6. The highest BCUT2D eigenvalue weighted by Crippen LogP contribution is 2.34. The number of nitrogens with zero attached hydrogens (tertiary/aromatic N) is 3. The third-order valence-electron chi connectivity index (χ3n) is 7.77. The molecule has 2 aromatic carbocycles. The van der Waals surface area contributed by atoms with Gasteiger partial charge in [0.2, 0.25) is 5.78 Å². The van der Waals surface area contributed by atoms with Crippen LogP contribution in [0.2, 0.25) is 0 Å². The lowest BCUT2D eigenvalue weighted by Crippen LogP contribution is -2.46. The number of alkyl halides is 3. The number of halogens is 5. The normalized spacial score (nSPS) is 16.1. The van der Waals surface area contributed by atoms with E-state index < -0.39 is 55.5 Å². The molecule has 0 spiro atoms. The van der Waals surface area contributed by atoms with Gasteiger partial charge in [-0.15, -0.1) is 0 Å². The Morgan fingerprint density at radius 1 is 1.00 bits per heavy atom. The molecule has 236 valence electrons. The zero-order valence-corrected chi connectivity index (χ0v) is 24.0. The molecule has 0 bridgehead atoms. The number of carbonyl (C=O) groups is 2. The Labute approximate surface area is 252 Å². The van der Waals surface area contributed by atoms with Gasteiger partial charge >= 0.3 is 22.4 Å². The molecule has 0 unspecified atom stereocenters. The Hall–Kier alpha value is -4.41. The average molecular weight is 650 g/mol. The predicted octanol–water partition coefficient (Wildman–Crippen LogP) is 4.59. The monoisotopic (exact) mass is 649 g/mol. The van der Waals surface area contributed by atoms with E-state index in [2.05, 4.69) is 20.1 Å². The number of rotatable bonds is 8. The van der Waals surface area contributed by atoms with Crippen LogP contribution in [0, 0.1) is 11.6 Å². The maximum atomic E-state index is 16.0. The minimum absolute atomic E-state index is 0.151. The summed E-state index contributed by atoms with van der Waals surface area (Å²) in [6.45, 7) is 1.45. The van der Waals surface area contributed by atoms with E-state index in [0.717, 1.165) is 30.4 Å². The molecular weight excluding hydrogens is 625 g/mol. The fourth-order valence-electron chi connectivity index (χ4n) is 5.22. The molecular formula is C29H24F5N5O5S. The zero-order valence-electron chi connectivity index (χ0n) is 23.2. The van der Waals surface area contributed by atoms with Crippen molar-refractivity contribution in [1.82, 2.24) is 19.6 Å². The molecule has 2 aliphatic heterocycles. The maximum Gasteiger partial charge on any atom is 0.493 e. The number of fused-ring (bicyclic) bond motifs is 1. The number of nitrogens with one attached hydrogen (secondary N) is 2. The Balaban J connectivity index is 1.39. The van der Waals surface area contributed by atoms with Crippen LogP contribution >= 0.6 is 0 Å². The quantitative estimate of drug-likeness (QED) is 0.163. The number of carbonyl (C=O) groups excluding carboxylic acids is 2. The molecule has 45 heavy (non-hydrogen) atoms. The average Bonchev–Trinajstić information content (AvgIpc) is 3.66. The second-order valence-corrected chi connectivity index (χ2v) is 12.3. The number of hydrogen-bond acceptors (Lipinski definition) is 7. The lowest BCUT2D eigenvalue weighted by molar-refractivity contribution is -0.199. The van der Waals surface area contributed by atoms with Crippen molar-refractivity contribution in [2.24, 2.45) is 0 Å². The van der Waals surface area contributed by atoms with Crippen molar-refractivity contribution in [2.75, 3.05) is 30.6 Å². The van der Waals surface area contributed by atoms with Gasteiger partial charge in [0.25, 0.3) is 0 Å². The number of aromatic nitrogens is 2. The molecule has 4 aromatic rings. The summed E-state index contributed by atoms with van der Waals surface area (Å²) in [5.41, 5.74) is -0.107. The number of H-pyrrole nitrogens is 1. The first-order chi connectivity index (χ1) is 21.4. The zero-order chi connectivity index (χ0) is 32.1. The van der Waals surface area contributed by atoms with Crippen molar-refractivity contribution in [1.29, 1.82) is 0 Å². The van der Waals surface area contributed by atoms with Crippen LogP contribution in [0.15, 0.2) is 54.9 Å². The number of pyridine rings is 1. The maximum absolute atomic E-state index is 16.0. The second-order valence-electron chi connectivity index (χ2n) is 10.6. The molecule has 6 rings (SSSR count). The molecule has 2 N–H and O–H groups in total. The largest absolute Gasteiger partial charge is 0.493 e. The van der Waals surface area contributed by atoms with Crippen LogP contribution in [0.4, 0.5) is 27.6 Å². The standard InChI is InChI=1S/C29H24F5N5O5S/c30-22-7-8-23(39(44-28(41)29(32,33)34)45(42,43)38-9-1-2-10-38)25(31)24(22)26(40)21-15-37-27-20(21)11-18(14-36-27)16-3-5-17(6-4-16)19-12-35-13-19/h3-8,11,14-15,19,35H,1-2,9-10,12-13H2,(H,36,37). The summed E-state index contributed by atoms with van der Waals surface area (Å²) in [7, 11) is -5.09. The smallest absolute Gasteiger partial charge is 0.345 e.